The molecule has 0 aliphatic heterocycles. The molecule has 0 aliphatic rings. The van der Waals surface area contributed by atoms with E-state index in [4.69, 9.17) is 4.74 Å². The lowest BCUT2D eigenvalue weighted by Crippen LogP contribution is -2.32. The lowest BCUT2D eigenvalue weighted by molar-refractivity contribution is -0.121. The Hall–Kier alpha value is -2.29. The summed E-state index contributed by atoms with van der Waals surface area (Å²) in [7, 11) is 1.63. The van der Waals surface area contributed by atoms with Gasteiger partial charge in [-0.05, 0) is 29.2 Å². The molecule has 0 spiro atoms. The third-order valence-electron chi connectivity index (χ3n) is 3.67. The minimum absolute atomic E-state index is 0.0342. The Kier molecular flexibility index (Phi) is 5.59. The van der Waals surface area contributed by atoms with Gasteiger partial charge in [-0.15, -0.1) is 0 Å². The Morgan fingerprint density at radius 2 is 1.68 bits per heavy atom. The molecule has 22 heavy (non-hydrogen) atoms. The van der Waals surface area contributed by atoms with Crippen molar-refractivity contribution in [2.45, 2.75) is 26.3 Å². The number of hydrogen-bond acceptors (Lipinski definition) is 2. The minimum Gasteiger partial charge on any atom is -0.497 e. The average molecular weight is 297 g/mol. The number of hydrogen-bond donors (Lipinski definition) is 1. The van der Waals surface area contributed by atoms with Crippen LogP contribution in [0.15, 0.2) is 54.6 Å². The molecule has 0 saturated heterocycles. The van der Waals surface area contributed by atoms with Gasteiger partial charge in [0.2, 0.25) is 5.91 Å². The van der Waals surface area contributed by atoms with E-state index < -0.39 is 0 Å². The monoisotopic (exact) mass is 297 g/mol. The molecular weight excluding hydrogens is 274 g/mol. The summed E-state index contributed by atoms with van der Waals surface area (Å²) < 4.78 is 5.13. The highest BCUT2D eigenvalue weighted by molar-refractivity contribution is 5.79. The van der Waals surface area contributed by atoms with Crippen molar-refractivity contribution >= 4 is 5.91 Å². The first kappa shape index (κ1) is 16.1. The summed E-state index contributed by atoms with van der Waals surface area (Å²) in [6, 6.07) is 17.7. The molecule has 0 radical (unpaired) electrons. The first-order valence-corrected chi connectivity index (χ1v) is 7.57. The lowest BCUT2D eigenvalue weighted by Gasteiger charge is -2.23. The van der Waals surface area contributed by atoms with Crippen molar-refractivity contribution in [1.82, 2.24) is 5.32 Å². The first-order valence-electron chi connectivity index (χ1n) is 7.57. The molecule has 0 fully saturated rings. The first-order chi connectivity index (χ1) is 10.6. The van der Waals surface area contributed by atoms with Gasteiger partial charge >= 0.3 is 0 Å². The van der Waals surface area contributed by atoms with Gasteiger partial charge in [-0.1, -0.05) is 56.3 Å². The van der Waals surface area contributed by atoms with Crippen LogP contribution in [0.3, 0.4) is 0 Å². The predicted octanol–water partition coefficient (Wildman–Crippen LogP) is 3.75. The summed E-state index contributed by atoms with van der Waals surface area (Å²) in [4.78, 5) is 12.3. The molecule has 1 amide bonds. The van der Waals surface area contributed by atoms with Crippen LogP contribution < -0.4 is 10.1 Å². The second-order valence-electron chi connectivity index (χ2n) is 5.72. The number of amides is 1. The molecule has 3 nitrogen and oxygen atoms in total. The molecule has 0 aromatic heterocycles. The smallest absolute Gasteiger partial charge is 0.224 e. The van der Waals surface area contributed by atoms with E-state index in [1.165, 1.54) is 0 Å². The molecule has 0 saturated carbocycles. The molecule has 116 valence electrons. The van der Waals surface area contributed by atoms with Gasteiger partial charge in [0.25, 0.3) is 0 Å². The van der Waals surface area contributed by atoms with Gasteiger partial charge in [-0.25, -0.2) is 0 Å². The summed E-state index contributed by atoms with van der Waals surface area (Å²) in [5, 5.41) is 3.14. The Morgan fingerprint density at radius 3 is 2.23 bits per heavy atom. The van der Waals surface area contributed by atoms with Crippen LogP contribution in [0, 0.1) is 5.92 Å². The van der Waals surface area contributed by atoms with E-state index in [0.717, 1.165) is 16.9 Å². The largest absolute Gasteiger partial charge is 0.497 e. The predicted molar refractivity (Wildman–Crippen MR) is 88.9 cm³/mol. The van der Waals surface area contributed by atoms with Crippen molar-refractivity contribution in [3.63, 3.8) is 0 Å². The molecule has 2 aromatic rings. The van der Waals surface area contributed by atoms with Crippen molar-refractivity contribution in [2.75, 3.05) is 7.11 Å². The van der Waals surface area contributed by atoms with Crippen LogP contribution in [0.5, 0.6) is 5.75 Å². The summed E-state index contributed by atoms with van der Waals surface area (Å²) in [6.45, 7) is 4.23. The maximum absolute atomic E-state index is 12.3. The van der Waals surface area contributed by atoms with Crippen molar-refractivity contribution in [2.24, 2.45) is 5.92 Å². The summed E-state index contributed by atoms with van der Waals surface area (Å²) in [5.41, 5.74) is 2.12. The Bertz CT molecular complexity index is 591. The molecule has 1 atom stereocenters. The van der Waals surface area contributed by atoms with E-state index in [2.05, 4.69) is 31.3 Å². The Morgan fingerprint density at radius 1 is 1.05 bits per heavy atom. The van der Waals surface area contributed by atoms with Gasteiger partial charge in [0.15, 0.2) is 0 Å². The molecule has 0 heterocycles. The van der Waals surface area contributed by atoms with Crippen molar-refractivity contribution in [3.05, 3.63) is 65.7 Å². The van der Waals surface area contributed by atoms with E-state index in [1.807, 2.05) is 42.5 Å². The van der Waals surface area contributed by atoms with E-state index in [0.29, 0.717) is 12.3 Å². The van der Waals surface area contributed by atoms with E-state index in [1.54, 1.807) is 7.11 Å². The van der Waals surface area contributed by atoms with E-state index in [9.17, 15) is 4.79 Å². The maximum Gasteiger partial charge on any atom is 0.224 e. The van der Waals surface area contributed by atoms with Crippen molar-refractivity contribution in [3.8, 4) is 5.75 Å². The second kappa shape index (κ2) is 7.64. The molecule has 0 aliphatic carbocycles. The maximum atomic E-state index is 12.3. The number of rotatable bonds is 6. The highest BCUT2D eigenvalue weighted by Gasteiger charge is 2.18. The van der Waals surface area contributed by atoms with Crippen LogP contribution in [0.4, 0.5) is 0 Å². The molecule has 0 unspecified atom stereocenters. The molecule has 2 rings (SSSR count). The number of ether oxygens (including phenoxy) is 1. The molecular formula is C19H23NO2. The Labute approximate surface area is 132 Å². The number of nitrogens with one attached hydrogen (secondary N) is 1. The highest BCUT2D eigenvalue weighted by Crippen LogP contribution is 2.21. The fourth-order valence-electron chi connectivity index (χ4n) is 2.45. The van der Waals surface area contributed by atoms with Gasteiger partial charge in [-0.3, -0.25) is 4.79 Å². The normalized spacial score (nSPS) is 12.0. The number of carbonyl (C=O) groups excluding carboxylic acids is 1. The quantitative estimate of drug-likeness (QED) is 0.882. The third kappa shape index (κ3) is 4.35. The summed E-state index contributed by atoms with van der Waals surface area (Å²) >= 11 is 0. The zero-order valence-electron chi connectivity index (χ0n) is 13.4. The Balaban J connectivity index is 2.02. The summed E-state index contributed by atoms with van der Waals surface area (Å²) in [6.07, 6.45) is 0.375. The fourth-order valence-corrected chi connectivity index (χ4v) is 2.45. The highest BCUT2D eigenvalue weighted by atomic mass is 16.5. The van der Waals surface area contributed by atoms with Crippen LogP contribution >= 0.6 is 0 Å². The third-order valence-corrected chi connectivity index (χ3v) is 3.67. The molecule has 2 aromatic carbocycles. The number of carbonyl (C=O) groups is 1. The van der Waals surface area contributed by atoms with Gasteiger partial charge in [-0.2, -0.15) is 0 Å². The van der Waals surface area contributed by atoms with Crippen LogP contribution in [-0.2, 0) is 11.2 Å². The van der Waals surface area contributed by atoms with Gasteiger partial charge in [0.1, 0.15) is 5.75 Å². The van der Waals surface area contributed by atoms with Crippen molar-refractivity contribution < 1.29 is 9.53 Å². The zero-order chi connectivity index (χ0) is 15.9. The standard InChI is InChI=1S/C19H23NO2/c1-14(2)19(16-7-5-4-6-8-16)20-18(21)13-15-9-11-17(22-3)12-10-15/h4-12,14,19H,13H2,1-3H3,(H,20,21)/t19-/m0/s1. The van der Waals surface area contributed by atoms with Gasteiger partial charge in [0.05, 0.1) is 19.6 Å². The number of benzene rings is 2. The van der Waals surface area contributed by atoms with Gasteiger partial charge < -0.3 is 10.1 Å². The minimum atomic E-state index is 0.0342. The lowest BCUT2D eigenvalue weighted by atomic mass is 9.95. The topological polar surface area (TPSA) is 38.3 Å². The summed E-state index contributed by atoms with van der Waals surface area (Å²) in [5.74, 6) is 1.17. The van der Waals surface area contributed by atoms with E-state index >= 15 is 0 Å². The van der Waals surface area contributed by atoms with Gasteiger partial charge in [0, 0.05) is 0 Å². The van der Waals surface area contributed by atoms with Crippen LogP contribution in [-0.4, -0.2) is 13.0 Å². The van der Waals surface area contributed by atoms with Crippen molar-refractivity contribution in [1.29, 1.82) is 0 Å². The molecule has 0 bridgehead atoms. The molecule has 1 N–H and O–H groups in total. The SMILES string of the molecule is COc1ccc(CC(=O)N[C@H](c2ccccc2)C(C)C)cc1. The van der Waals surface area contributed by atoms with Crippen LogP contribution in [0.2, 0.25) is 0 Å². The van der Waals surface area contributed by atoms with Crippen LogP contribution in [0.1, 0.15) is 31.0 Å². The average Bonchev–Trinajstić information content (AvgIpc) is 2.54. The molecule has 3 heteroatoms. The second-order valence-corrected chi connectivity index (χ2v) is 5.72. The van der Waals surface area contributed by atoms with Crippen LogP contribution in [0.25, 0.3) is 0 Å². The zero-order valence-corrected chi connectivity index (χ0v) is 13.4. The van der Waals surface area contributed by atoms with E-state index in [-0.39, 0.29) is 11.9 Å². The number of methoxy groups -OCH3 is 1. The fraction of sp³-hybridized carbons (Fsp3) is 0.316.